The van der Waals surface area contributed by atoms with E-state index in [2.05, 4.69) is 18.9 Å². The molecule has 0 aliphatic carbocycles. The second-order valence-corrected chi connectivity index (χ2v) is 10.1. The highest BCUT2D eigenvalue weighted by atomic mass is 32.2. The van der Waals surface area contributed by atoms with Gasteiger partial charge in [0.05, 0.1) is 0 Å². The Bertz CT molecular complexity index is 749. The van der Waals surface area contributed by atoms with E-state index >= 15 is 0 Å². The molecule has 2 heterocycles. The smallest absolute Gasteiger partial charge is 0.410 e. The van der Waals surface area contributed by atoms with Crippen LogP contribution in [0.3, 0.4) is 0 Å². The lowest BCUT2D eigenvalue weighted by Gasteiger charge is -2.33. The molecule has 1 aliphatic heterocycles. The number of sulfonamides is 1. The molecule has 1 saturated heterocycles. The molecule has 0 saturated carbocycles. The highest BCUT2D eigenvalue weighted by molar-refractivity contribution is 7.89. The van der Waals surface area contributed by atoms with Crippen LogP contribution < -0.4 is 5.14 Å². The van der Waals surface area contributed by atoms with E-state index in [-0.39, 0.29) is 16.7 Å². The normalized spacial score (nSPS) is 20.4. The van der Waals surface area contributed by atoms with Crippen LogP contribution in [0.5, 0.6) is 0 Å². The molecule has 1 amide bonds. The molecule has 2 rings (SSSR count). The molecule has 26 heavy (non-hydrogen) atoms. The molecule has 8 nitrogen and oxygen atoms in total. The number of carbonyl (C=O) groups is 1. The Balaban J connectivity index is 1.87. The highest BCUT2D eigenvalue weighted by Gasteiger charge is 2.42. The van der Waals surface area contributed by atoms with E-state index < -0.39 is 15.6 Å². The summed E-state index contributed by atoms with van der Waals surface area (Å²) < 4.78 is 29.6. The number of ether oxygens (including phenoxy) is 1. The van der Waals surface area contributed by atoms with E-state index in [0.717, 1.165) is 19.3 Å². The van der Waals surface area contributed by atoms with Crippen molar-refractivity contribution in [2.24, 2.45) is 11.1 Å². The molecule has 9 heteroatoms. The van der Waals surface area contributed by atoms with Gasteiger partial charge in [-0.3, -0.25) is 4.68 Å². The van der Waals surface area contributed by atoms with Crippen LogP contribution in [-0.4, -0.2) is 46.9 Å². The van der Waals surface area contributed by atoms with Crippen LogP contribution in [0.25, 0.3) is 0 Å². The quantitative estimate of drug-likeness (QED) is 0.836. The van der Waals surface area contributed by atoms with Crippen molar-refractivity contribution in [3.8, 4) is 0 Å². The Morgan fingerprint density at radius 2 is 2.08 bits per heavy atom. The van der Waals surface area contributed by atoms with E-state index in [1.165, 1.54) is 6.07 Å². The minimum Gasteiger partial charge on any atom is -0.444 e. The van der Waals surface area contributed by atoms with Crippen LogP contribution in [0.4, 0.5) is 4.79 Å². The average molecular weight is 387 g/mol. The fourth-order valence-electron chi connectivity index (χ4n) is 3.38. The number of aryl methyl sites for hydroxylation is 1. The first-order valence-corrected chi connectivity index (χ1v) is 10.4. The van der Waals surface area contributed by atoms with E-state index in [1.54, 1.807) is 10.9 Å². The summed E-state index contributed by atoms with van der Waals surface area (Å²) in [7, 11) is -3.76. The van der Waals surface area contributed by atoms with Crippen molar-refractivity contribution in [2.75, 3.05) is 6.54 Å². The number of likely N-dealkylation sites (tertiary alicyclic amines) is 1. The van der Waals surface area contributed by atoms with Gasteiger partial charge in [-0.2, -0.15) is 5.10 Å². The maximum Gasteiger partial charge on any atom is 0.410 e. The van der Waals surface area contributed by atoms with Gasteiger partial charge in [0.2, 0.25) is 0 Å². The molecule has 0 bridgehead atoms. The molecular weight excluding hydrogens is 356 g/mol. The molecule has 1 aliphatic rings. The van der Waals surface area contributed by atoms with Crippen molar-refractivity contribution in [2.45, 2.75) is 76.6 Å². The lowest BCUT2D eigenvalue weighted by molar-refractivity contribution is 0.0131. The number of nitrogens with zero attached hydrogens (tertiary/aromatic N) is 3. The van der Waals surface area contributed by atoms with E-state index in [9.17, 15) is 13.2 Å². The van der Waals surface area contributed by atoms with Crippen molar-refractivity contribution < 1.29 is 17.9 Å². The Morgan fingerprint density at radius 1 is 1.42 bits per heavy atom. The molecule has 1 atom stereocenters. The molecule has 0 unspecified atom stereocenters. The van der Waals surface area contributed by atoms with Gasteiger partial charge < -0.3 is 9.64 Å². The summed E-state index contributed by atoms with van der Waals surface area (Å²) in [4.78, 5) is 14.3. The largest absolute Gasteiger partial charge is 0.444 e. The summed E-state index contributed by atoms with van der Waals surface area (Å²) in [5.74, 6) is 0.380. The van der Waals surface area contributed by atoms with Gasteiger partial charge in [-0.25, -0.2) is 18.4 Å². The zero-order valence-corrected chi connectivity index (χ0v) is 17.0. The summed E-state index contributed by atoms with van der Waals surface area (Å²) in [6.07, 6.45) is 4.02. The van der Waals surface area contributed by atoms with Gasteiger partial charge >= 0.3 is 6.09 Å². The number of primary sulfonamides is 1. The summed E-state index contributed by atoms with van der Waals surface area (Å²) >= 11 is 0. The second-order valence-electron chi connectivity index (χ2n) is 8.58. The van der Waals surface area contributed by atoms with Crippen molar-refractivity contribution in [1.82, 2.24) is 14.7 Å². The molecular formula is C17H30N4O4S. The Kier molecular flexibility index (Phi) is 5.72. The van der Waals surface area contributed by atoms with Crippen molar-refractivity contribution >= 4 is 16.1 Å². The lowest BCUT2D eigenvalue weighted by Crippen LogP contribution is -2.45. The average Bonchev–Trinajstić information content (AvgIpc) is 3.01. The first-order chi connectivity index (χ1) is 11.8. The van der Waals surface area contributed by atoms with Gasteiger partial charge in [0, 0.05) is 24.8 Å². The van der Waals surface area contributed by atoms with Crippen LogP contribution >= 0.6 is 0 Å². The number of hydrogen-bond acceptors (Lipinski definition) is 5. The minimum atomic E-state index is -3.76. The van der Waals surface area contributed by atoms with Gasteiger partial charge in [0.1, 0.15) is 5.60 Å². The molecule has 0 radical (unpaired) electrons. The third kappa shape index (κ3) is 5.44. The van der Waals surface area contributed by atoms with Crippen molar-refractivity contribution in [3.63, 3.8) is 0 Å². The number of aromatic nitrogens is 2. The summed E-state index contributed by atoms with van der Waals surface area (Å²) in [5.41, 5.74) is -0.744. The zero-order valence-electron chi connectivity index (χ0n) is 16.2. The fourth-order valence-corrected chi connectivity index (χ4v) is 3.85. The van der Waals surface area contributed by atoms with Crippen LogP contribution in [0, 0.1) is 5.92 Å². The van der Waals surface area contributed by atoms with Gasteiger partial charge in [0.25, 0.3) is 10.0 Å². The lowest BCUT2D eigenvalue weighted by atomic mass is 9.93. The fraction of sp³-hybridized carbons (Fsp3) is 0.765. The van der Waals surface area contributed by atoms with Crippen molar-refractivity contribution in [1.29, 1.82) is 0 Å². The van der Waals surface area contributed by atoms with E-state index in [1.807, 2.05) is 25.7 Å². The Hall–Kier alpha value is -1.61. The number of amides is 1. The van der Waals surface area contributed by atoms with Gasteiger partial charge in [0.15, 0.2) is 5.03 Å². The predicted molar refractivity (Wildman–Crippen MR) is 98.0 cm³/mol. The first-order valence-electron chi connectivity index (χ1n) is 8.85. The highest BCUT2D eigenvalue weighted by Crippen LogP contribution is 2.36. The molecule has 2 N–H and O–H groups in total. The Labute approximate surface area is 155 Å². The standard InChI is InChI=1S/C17H30N4O4S/c1-16(2,3)25-15(22)21-12-13(11-17(21,4)5)7-6-9-20-10-8-14(19-20)26(18,23)24/h8,10,13H,6-7,9,11-12H2,1-5H3,(H2,18,23,24)/t13-/m1/s1. The van der Waals surface area contributed by atoms with Crippen LogP contribution in [0.2, 0.25) is 0 Å². The Morgan fingerprint density at radius 3 is 2.62 bits per heavy atom. The third-order valence-corrected chi connectivity index (χ3v) is 5.28. The van der Waals surface area contributed by atoms with E-state index in [0.29, 0.717) is 19.0 Å². The maximum absolute atomic E-state index is 12.4. The molecule has 1 aromatic rings. The number of nitrogens with two attached hydrogens (primary N) is 1. The monoisotopic (exact) mass is 386 g/mol. The van der Waals surface area contributed by atoms with Crippen LogP contribution in [0.1, 0.15) is 53.9 Å². The molecule has 148 valence electrons. The maximum atomic E-state index is 12.4. The van der Waals surface area contributed by atoms with Crippen LogP contribution in [-0.2, 0) is 21.3 Å². The topological polar surface area (TPSA) is 108 Å². The molecule has 1 fully saturated rings. The van der Waals surface area contributed by atoms with E-state index in [4.69, 9.17) is 9.88 Å². The number of hydrogen-bond donors (Lipinski definition) is 1. The summed E-state index contributed by atoms with van der Waals surface area (Å²) in [6, 6.07) is 1.40. The minimum absolute atomic E-state index is 0.115. The molecule has 0 spiro atoms. The SMILES string of the molecule is CC(C)(C)OC(=O)N1C[C@H](CCCn2ccc(S(N)(=O)=O)n2)CC1(C)C. The molecule has 1 aromatic heterocycles. The third-order valence-electron chi connectivity index (χ3n) is 4.48. The molecule has 0 aromatic carbocycles. The predicted octanol–water partition coefficient (Wildman–Crippen LogP) is 2.35. The van der Waals surface area contributed by atoms with Crippen molar-refractivity contribution in [3.05, 3.63) is 12.3 Å². The summed E-state index contributed by atoms with van der Waals surface area (Å²) in [6.45, 7) is 11.0. The van der Waals surface area contributed by atoms with Gasteiger partial charge in [-0.15, -0.1) is 0 Å². The second kappa shape index (κ2) is 7.19. The number of carbonyl (C=O) groups excluding carboxylic acids is 1. The summed E-state index contributed by atoms with van der Waals surface area (Å²) in [5, 5.41) is 8.92. The zero-order chi connectivity index (χ0) is 19.8. The number of rotatable bonds is 5. The van der Waals surface area contributed by atoms with Gasteiger partial charge in [-0.05, 0) is 65.9 Å². The first kappa shape index (κ1) is 20.7. The van der Waals surface area contributed by atoms with Crippen LogP contribution in [0.15, 0.2) is 17.3 Å². The van der Waals surface area contributed by atoms with Gasteiger partial charge in [-0.1, -0.05) is 0 Å².